The molecule has 0 aliphatic carbocycles. The van der Waals surface area contributed by atoms with Gasteiger partial charge in [0.15, 0.2) is 11.5 Å². The van der Waals surface area contributed by atoms with Gasteiger partial charge in [0.25, 0.3) is 0 Å². The van der Waals surface area contributed by atoms with Crippen molar-refractivity contribution >= 4 is 29.2 Å². The van der Waals surface area contributed by atoms with Gasteiger partial charge < -0.3 is 24.4 Å². The Morgan fingerprint density at radius 2 is 1.83 bits per heavy atom. The molecule has 1 N–H and O–H groups in total. The maximum absolute atomic E-state index is 12.7. The fraction of sp³-hybridized carbons (Fsp3) is 0.318. The number of nitrogens with zero attached hydrogens (tertiary/aromatic N) is 1. The third-order valence-electron chi connectivity index (χ3n) is 5.00. The molecule has 2 heterocycles. The van der Waals surface area contributed by atoms with Gasteiger partial charge in [-0.25, -0.2) is 4.79 Å². The van der Waals surface area contributed by atoms with Gasteiger partial charge >= 0.3 is 5.97 Å². The number of ether oxygens (including phenoxy) is 3. The lowest BCUT2D eigenvalue weighted by Crippen LogP contribution is -2.28. The molecule has 0 bridgehead atoms. The lowest BCUT2D eigenvalue weighted by molar-refractivity contribution is -0.122. The molecule has 30 heavy (non-hydrogen) atoms. The zero-order valence-electron chi connectivity index (χ0n) is 16.6. The topological polar surface area (TPSA) is 94.2 Å². The van der Waals surface area contributed by atoms with Crippen molar-refractivity contribution in [2.45, 2.75) is 13.3 Å². The van der Waals surface area contributed by atoms with Crippen LogP contribution in [0.5, 0.6) is 11.5 Å². The average molecular weight is 410 g/mol. The van der Waals surface area contributed by atoms with Gasteiger partial charge in [-0.3, -0.25) is 9.59 Å². The molecule has 2 aliphatic rings. The predicted octanol–water partition coefficient (Wildman–Crippen LogP) is 2.63. The molecule has 2 aliphatic heterocycles. The molecule has 2 aromatic carbocycles. The average Bonchev–Trinajstić information content (AvgIpc) is 3.16. The maximum atomic E-state index is 12.7. The van der Waals surface area contributed by atoms with Gasteiger partial charge in [0, 0.05) is 30.4 Å². The lowest BCUT2D eigenvalue weighted by Gasteiger charge is -2.22. The molecule has 1 atom stereocenters. The Balaban J connectivity index is 1.40. The van der Waals surface area contributed by atoms with Crippen LogP contribution in [0, 0.1) is 5.92 Å². The van der Waals surface area contributed by atoms with Gasteiger partial charge in [-0.15, -0.1) is 0 Å². The summed E-state index contributed by atoms with van der Waals surface area (Å²) in [5.41, 5.74) is 1.65. The Bertz CT molecular complexity index is 972. The molecule has 1 saturated heterocycles. The highest BCUT2D eigenvalue weighted by atomic mass is 16.6. The van der Waals surface area contributed by atoms with Crippen molar-refractivity contribution in [2.75, 3.05) is 36.6 Å². The van der Waals surface area contributed by atoms with E-state index in [2.05, 4.69) is 5.32 Å². The summed E-state index contributed by atoms with van der Waals surface area (Å²) in [6.07, 6.45) is 0.126. The van der Waals surface area contributed by atoms with Crippen molar-refractivity contribution in [2.24, 2.45) is 5.92 Å². The second-order valence-electron chi connectivity index (χ2n) is 7.02. The van der Waals surface area contributed by atoms with Crippen LogP contribution in [0.3, 0.4) is 0 Å². The standard InChI is InChI=1S/C22H22N2O6/c1-2-28-22(27)14-3-5-16(6-4-14)23-21(26)15-11-20(25)24(13-15)17-7-8-18-19(12-17)30-10-9-29-18/h3-8,12,15H,2,9-11,13H2,1H3,(H,23,26)/t15-/m1/s1. The number of carbonyl (C=O) groups excluding carboxylic acids is 3. The Kier molecular flexibility index (Phi) is 5.56. The first-order valence-corrected chi connectivity index (χ1v) is 9.83. The second kappa shape index (κ2) is 8.44. The largest absolute Gasteiger partial charge is 0.486 e. The van der Waals surface area contributed by atoms with Crippen molar-refractivity contribution in [3.8, 4) is 11.5 Å². The Labute approximate surface area is 173 Å². The number of amides is 2. The summed E-state index contributed by atoms with van der Waals surface area (Å²) in [6.45, 7) is 3.28. The Hall–Kier alpha value is -3.55. The molecule has 0 saturated carbocycles. The van der Waals surface area contributed by atoms with Crippen LogP contribution in [0.2, 0.25) is 0 Å². The summed E-state index contributed by atoms with van der Waals surface area (Å²) in [4.78, 5) is 38.5. The zero-order valence-corrected chi connectivity index (χ0v) is 16.6. The van der Waals surface area contributed by atoms with E-state index in [1.54, 1.807) is 54.3 Å². The summed E-state index contributed by atoms with van der Waals surface area (Å²) in [7, 11) is 0. The van der Waals surface area contributed by atoms with Gasteiger partial charge in [0.2, 0.25) is 11.8 Å². The molecule has 4 rings (SSSR count). The summed E-state index contributed by atoms with van der Waals surface area (Å²) in [5.74, 6) is -0.00242. The minimum Gasteiger partial charge on any atom is -0.486 e. The molecule has 2 aromatic rings. The van der Waals surface area contributed by atoms with E-state index >= 15 is 0 Å². The maximum Gasteiger partial charge on any atom is 0.338 e. The monoisotopic (exact) mass is 410 g/mol. The van der Waals surface area contributed by atoms with Crippen molar-refractivity contribution in [3.63, 3.8) is 0 Å². The number of carbonyl (C=O) groups is 3. The van der Waals surface area contributed by atoms with Crippen LogP contribution in [-0.4, -0.2) is 44.1 Å². The quantitative estimate of drug-likeness (QED) is 0.762. The van der Waals surface area contributed by atoms with Crippen LogP contribution in [0.4, 0.5) is 11.4 Å². The Morgan fingerprint density at radius 1 is 1.10 bits per heavy atom. The van der Waals surface area contributed by atoms with Gasteiger partial charge in [-0.2, -0.15) is 0 Å². The van der Waals surface area contributed by atoms with E-state index in [1.165, 1.54) is 0 Å². The minimum atomic E-state index is -0.476. The van der Waals surface area contributed by atoms with E-state index in [1.807, 2.05) is 0 Å². The van der Waals surface area contributed by atoms with Gasteiger partial charge in [-0.05, 0) is 43.3 Å². The van der Waals surface area contributed by atoms with E-state index < -0.39 is 11.9 Å². The van der Waals surface area contributed by atoms with Crippen molar-refractivity contribution in [1.29, 1.82) is 0 Å². The van der Waals surface area contributed by atoms with Crippen LogP contribution in [0.1, 0.15) is 23.7 Å². The van der Waals surface area contributed by atoms with Crippen molar-refractivity contribution in [1.82, 2.24) is 0 Å². The molecule has 0 spiro atoms. The summed E-state index contributed by atoms with van der Waals surface area (Å²) in [6, 6.07) is 11.8. The van der Waals surface area contributed by atoms with E-state index in [-0.39, 0.29) is 24.8 Å². The van der Waals surface area contributed by atoms with E-state index in [4.69, 9.17) is 14.2 Å². The van der Waals surface area contributed by atoms with E-state index in [0.717, 1.165) is 0 Å². The van der Waals surface area contributed by atoms with Crippen LogP contribution >= 0.6 is 0 Å². The SMILES string of the molecule is CCOC(=O)c1ccc(NC(=O)[C@@H]2CC(=O)N(c3ccc4c(c3)OCCO4)C2)cc1. The number of rotatable bonds is 5. The second-order valence-corrected chi connectivity index (χ2v) is 7.02. The molecule has 0 radical (unpaired) electrons. The highest BCUT2D eigenvalue weighted by Crippen LogP contribution is 2.36. The molecule has 0 aromatic heterocycles. The van der Waals surface area contributed by atoms with Crippen LogP contribution in [0.25, 0.3) is 0 Å². The number of benzene rings is 2. The number of fused-ring (bicyclic) bond motifs is 1. The molecule has 2 amide bonds. The fourth-order valence-electron chi connectivity index (χ4n) is 3.48. The third kappa shape index (κ3) is 4.07. The summed E-state index contributed by atoms with van der Waals surface area (Å²) >= 11 is 0. The number of hydrogen-bond acceptors (Lipinski definition) is 6. The van der Waals surface area contributed by atoms with Gasteiger partial charge in [0.1, 0.15) is 13.2 Å². The van der Waals surface area contributed by atoms with Crippen LogP contribution < -0.4 is 19.7 Å². The van der Waals surface area contributed by atoms with Crippen molar-refractivity contribution in [3.05, 3.63) is 48.0 Å². The molecule has 1 fully saturated rings. The first kappa shape index (κ1) is 19.8. The molecule has 156 valence electrons. The third-order valence-corrected chi connectivity index (χ3v) is 5.00. The van der Waals surface area contributed by atoms with E-state index in [0.29, 0.717) is 48.3 Å². The number of esters is 1. The smallest absolute Gasteiger partial charge is 0.338 e. The number of anilines is 2. The first-order chi connectivity index (χ1) is 14.5. The summed E-state index contributed by atoms with van der Waals surface area (Å²) in [5, 5.41) is 2.81. The lowest BCUT2D eigenvalue weighted by atomic mass is 10.1. The van der Waals surface area contributed by atoms with Gasteiger partial charge in [-0.1, -0.05) is 0 Å². The summed E-state index contributed by atoms with van der Waals surface area (Å²) < 4.78 is 16.0. The number of nitrogens with one attached hydrogen (secondary N) is 1. The fourth-order valence-corrected chi connectivity index (χ4v) is 3.48. The highest BCUT2D eigenvalue weighted by Gasteiger charge is 2.35. The van der Waals surface area contributed by atoms with Crippen LogP contribution in [0.15, 0.2) is 42.5 Å². The highest BCUT2D eigenvalue weighted by molar-refractivity contribution is 6.03. The molecular weight excluding hydrogens is 388 g/mol. The number of hydrogen-bond donors (Lipinski definition) is 1. The molecule has 8 heteroatoms. The van der Waals surface area contributed by atoms with Crippen LogP contribution in [-0.2, 0) is 14.3 Å². The molecule has 0 unspecified atom stereocenters. The molecule has 8 nitrogen and oxygen atoms in total. The zero-order chi connectivity index (χ0) is 21.1. The normalized spacial score (nSPS) is 17.6. The Morgan fingerprint density at radius 3 is 2.57 bits per heavy atom. The van der Waals surface area contributed by atoms with E-state index in [9.17, 15) is 14.4 Å². The predicted molar refractivity (Wildman–Crippen MR) is 109 cm³/mol. The van der Waals surface area contributed by atoms with Gasteiger partial charge in [0.05, 0.1) is 18.1 Å². The minimum absolute atomic E-state index is 0.121. The molecular formula is C22H22N2O6. The van der Waals surface area contributed by atoms with Crippen molar-refractivity contribution < 1.29 is 28.6 Å². The first-order valence-electron chi connectivity index (χ1n) is 9.83.